The van der Waals surface area contributed by atoms with Crippen LogP contribution in [0.5, 0.6) is 5.75 Å². The summed E-state index contributed by atoms with van der Waals surface area (Å²) in [6.45, 7) is 2.75. The third-order valence-corrected chi connectivity index (χ3v) is 3.10. The van der Waals surface area contributed by atoms with Crippen LogP contribution in [0.4, 0.5) is 0 Å². The minimum Gasteiger partial charge on any atom is -0.494 e. The molecular formula is C16H21O4. The van der Waals surface area contributed by atoms with E-state index in [2.05, 4.69) is 6.92 Å². The van der Waals surface area contributed by atoms with E-state index < -0.39 is 5.97 Å². The molecule has 0 bridgehead atoms. The first-order valence-electron chi connectivity index (χ1n) is 7.07. The zero-order valence-electron chi connectivity index (χ0n) is 11.9. The maximum Gasteiger partial charge on any atom is 0.336 e. The molecule has 0 heterocycles. The third kappa shape index (κ3) is 5.43. The molecule has 0 saturated carbocycles. The van der Waals surface area contributed by atoms with Crippen LogP contribution in [0.2, 0.25) is 0 Å². The Morgan fingerprint density at radius 3 is 2.55 bits per heavy atom. The van der Waals surface area contributed by atoms with Crippen molar-refractivity contribution >= 4 is 12.3 Å². The average Bonchev–Trinajstić information content (AvgIpc) is 2.46. The zero-order chi connectivity index (χ0) is 14.8. The highest BCUT2D eigenvalue weighted by atomic mass is 16.5. The Kier molecular flexibility index (Phi) is 7.40. The van der Waals surface area contributed by atoms with Gasteiger partial charge in [-0.05, 0) is 24.6 Å². The second-order valence-electron chi connectivity index (χ2n) is 4.73. The van der Waals surface area contributed by atoms with E-state index in [4.69, 9.17) is 9.84 Å². The monoisotopic (exact) mass is 277 g/mol. The number of hydrogen-bond acceptors (Lipinski definition) is 3. The molecular weight excluding hydrogens is 256 g/mol. The van der Waals surface area contributed by atoms with Gasteiger partial charge >= 0.3 is 5.97 Å². The lowest BCUT2D eigenvalue weighted by Crippen LogP contribution is -2.04. The Morgan fingerprint density at radius 2 is 1.90 bits per heavy atom. The second-order valence-corrected chi connectivity index (χ2v) is 4.73. The fraction of sp³-hybridized carbons (Fsp3) is 0.500. The highest BCUT2D eigenvalue weighted by molar-refractivity contribution is 5.97. The summed E-state index contributed by atoms with van der Waals surface area (Å²) in [7, 11) is 0. The van der Waals surface area contributed by atoms with Crippen LogP contribution in [0.1, 0.15) is 61.4 Å². The molecule has 4 heteroatoms. The molecule has 0 amide bonds. The van der Waals surface area contributed by atoms with Gasteiger partial charge in [0.15, 0.2) is 0 Å². The SMILES string of the molecule is CCCCCCCCOc1ccc([C]=O)c(C(=O)O)c1. The quantitative estimate of drug-likeness (QED) is 0.664. The molecule has 0 saturated heterocycles. The number of rotatable bonds is 10. The van der Waals surface area contributed by atoms with Crippen LogP contribution in [0.3, 0.4) is 0 Å². The first kappa shape index (κ1) is 16.2. The Labute approximate surface area is 119 Å². The minimum absolute atomic E-state index is 0.0458. The smallest absolute Gasteiger partial charge is 0.336 e. The summed E-state index contributed by atoms with van der Waals surface area (Å²) < 4.78 is 5.51. The summed E-state index contributed by atoms with van der Waals surface area (Å²) in [5.74, 6) is -0.664. The highest BCUT2D eigenvalue weighted by Gasteiger charge is 2.11. The number of hydrogen-bond donors (Lipinski definition) is 1. The van der Waals surface area contributed by atoms with Gasteiger partial charge in [-0.25, -0.2) is 4.79 Å². The summed E-state index contributed by atoms with van der Waals surface area (Å²) in [4.78, 5) is 21.6. The standard InChI is InChI=1S/C16H21O4/c1-2-3-4-5-6-7-10-20-14-9-8-13(12-17)15(11-14)16(18)19/h8-9,11H,2-7,10H2,1H3,(H,18,19). The van der Waals surface area contributed by atoms with Crippen LogP contribution in [0.25, 0.3) is 0 Å². The lowest BCUT2D eigenvalue weighted by Gasteiger charge is -2.07. The molecule has 1 radical (unpaired) electrons. The van der Waals surface area contributed by atoms with Crippen molar-refractivity contribution in [3.8, 4) is 5.75 Å². The van der Waals surface area contributed by atoms with E-state index in [1.807, 2.05) is 0 Å². The molecule has 0 spiro atoms. The molecule has 1 rings (SSSR count). The number of carbonyl (C=O) groups excluding carboxylic acids is 1. The topological polar surface area (TPSA) is 63.6 Å². The maximum atomic E-state index is 11.0. The predicted octanol–water partition coefficient (Wildman–Crippen LogP) is 3.58. The number of aromatic carboxylic acids is 1. The first-order chi connectivity index (χ1) is 9.69. The van der Waals surface area contributed by atoms with Gasteiger partial charge in [-0.2, -0.15) is 0 Å². The molecule has 1 aromatic rings. The fourth-order valence-corrected chi connectivity index (χ4v) is 1.95. The molecule has 1 aromatic carbocycles. The van der Waals surface area contributed by atoms with E-state index in [1.165, 1.54) is 37.8 Å². The summed E-state index contributed by atoms with van der Waals surface area (Å²) in [6.07, 6.45) is 8.64. The lowest BCUT2D eigenvalue weighted by atomic mass is 10.1. The summed E-state index contributed by atoms with van der Waals surface area (Å²) in [6, 6.07) is 4.40. The number of carbonyl (C=O) groups is 1. The molecule has 0 fully saturated rings. The third-order valence-electron chi connectivity index (χ3n) is 3.10. The van der Waals surface area contributed by atoms with Crippen LogP contribution in [0, 0.1) is 0 Å². The van der Waals surface area contributed by atoms with Crippen molar-refractivity contribution in [3.63, 3.8) is 0 Å². The second kappa shape index (κ2) is 9.13. The predicted molar refractivity (Wildman–Crippen MR) is 77.1 cm³/mol. The van der Waals surface area contributed by atoms with Crippen molar-refractivity contribution in [2.24, 2.45) is 0 Å². The largest absolute Gasteiger partial charge is 0.494 e. The average molecular weight is 277 g/mol. The van der Waals surface area contributed by atoms with Gasteiger partial charge in [0.1, 0.15) is 5.75 Å². The molecule has 0 aliphatic rings. The van der Waals surface area contributed by atoms with Gasteiger partial charge in [-0.15, -0.1) is 0 Å². The van der Waals surface area contributed by atoms with Crippen molar-refractivity contribution in [2.45, 2.75) is 45.4 Å². The molecule has 1 N–H and O–H groups in total. The van der Waals surface area contributed by atoms with Crippen LogP contribution in [-0.4, -0.2) is 24.0 Å². The van der Waals surface area contributed by atoms with Crippen LogP contribution < -0.4 is 4.74 Å². The zero-order valence-corrected chi connectivity index (χ0v) is 11.9. The van der Waals surface area contributed by atoms with Gasteiger partial charge < -0.3 is 9.84 Å². The molecule has 0 aliphatic carbocycles. The van der Waals surface area contributed by atoms with Crippen molar-refractivity contribution < 1.29 is 19.4 Å². The summed E-state index contributed by atoms with van der Waals surface area (Å²) >= 11 is 0. The number of benzene rings is 1. The Balaban J connectivity index is 2.39. The molecule has 0 atom stereocenters. The first-order valence-corrected chi connectivity index (χ1v) is 7.07. The molecule has 109 valence electrons. The van der Waals surface area contributed by atoms with Crippen LogP contribution in [0.15, 0.2) is 18.2 Å². The van der Waals surface area contributed by atoms with Gasteiger partial charge in [-0.3, -0.25) is 4.79 Å². The van der Waals surface area contributed by atoms with Crippen molar-refractivity contribution in [1.29, 1.82) is 0 Å². The van der Waals surface area contributed by atoms with Gasteiger partial charge in [0.25, 0.3) is 0 Å². The van der Waals surface area contributed by atoms with Crippen LogP contribution in [-0.2, 0) is 4.79 Å². The fourth-order valence-electron chi connectivity index (χ4n) is 1.95. The Morgan fingerprint density at radius 1 is 1.20 bits per heavy atom. The Hall–Kier alpha value is -1.84. The molecule has 0 aromatic heterocycles. The van der Waals surface area contributed by atoms with E-state index in [0.29, 0.717) is 12.4 Å². The van der Waals surface area contributed by atoms with E-state index >= 15 is 0 Å². The number of unbranched alkanes of at least 4 members (excludes halogenated alkanes) is 5. The van der Waals surface area contributed by atoms with Gasteiger partial charge in [-0.1, -0.05) is 39.0 Å². The van der Waals surface area contributed by atoms with E-state index in [1.54, 1.807) is 12.4 Å². The highest BCUT2D eigenvalue weighted by Crippen LogP contribution is 2.17. The lowest BCUT2D eigenvalue weighted by molar-refractivity contribution is 0.0696. The number of carboxylic acids is 1. The molecule has 0 aliphatic heterocycles. The molecule has 20 heavy (non-hydrogen) atoms. The van der Waals surface area contributed by atoms with Crippen molar-refractivity contribution in [1.82, 2.24) is 0 Å². The van der Waals surface area contributed by atoms with E-state index in [9.17, 15) is 9.59 Å². The van der Waals surface area contributed by atoms with Crippen molar-refractivity contribution in [2.75, 3.05) is 6.61 Å². The van der Waals surface area contributed by atoms with Gasteiger partial charge in [0.05, 0.1) is 12.2 Å². The van der Waals surface area contributed by atoms with Gasteiger partial charge in [0, 0.05) is 5.56 Å². The Bertz CT molecular complexity index is 440. The summed E-state index contributed by atoms with van der Waals surface area (Å²) in [5, 5.41) is 8.98. The van der Waals surface area contributed by atoms with Crippen LogP contribution >= 0.6 is 0 Å². The summed E-state index contributed by atoms with van der Waals surface area (Å²) in [5.41, 5.74) is -0.0233. The number of carboxylic acid groups (broad SMARTS) is 1. The molecule has 0 unspecified atom stereocenters. The van der Waals surface area contributed by atoms with Gasteiger partial charge in [0.2, 0.25) is 6.29 Å². The normalized spacial score (nSPS) is 10.2. The van der Waals surface area contributed by atoms with E-state index in [0.717, 1.165) is 12.8 Å². The minimum atomic E-state index is -1.15. The number of ether oxygens (including phenoxy) is 1. The maximum absolute atomic E-state index is 11.0. The van der Waals surface area contributed by atoms with E-state index in [-0.39, 0.29) is 11.1 Å². The van der Waals surface area contributed by atoms with Crippen molar-refractivity contribution in [3.05, 3.63) is 29.3 Å². The molecule has 4 nitrogen and oxygen atoms in total.